The van der Waals surface area contributed by atoms with Gasteiger partial charge in [0.25, 0.3) is 0 Å². The summed E-state index contributed by atoms with van der Waals surface area (Å²) in [5.41, 5.74) is 2.80. The highest BCUT2D eigenvalue weighted by Crippen LogP contribution is 2.28. The molecule has 0 saturated heterocycles. The van der Waals surface area contributed by atoms with E-state index in [9.17, 15) is 4.79 Å². The number of anilines is 1. The Hall–Kier alpha value is -2.29. The summed E-state index contributed by atoms with van der Waals surface area (Å²) in [6, 6.07) is 11.4. The first-order valence-electron chi connectivity index (χ1n) is 9.94. The van der Waals surface area contributed by atoms with Gasteiger partial charge in [0.15, 0.2) is 17.1 Å². The summed E-state index contributed by atoms with van der Waals surface area (Å²) in [7, 11) is 0. The van der Waals surface area contributed by atoms with Gasteiger partial charge in [0.1, 0.15) is 5.75 Å². The van der Waals surface area contributed by atoms with Gasteiger partial charge in [0, 0.05) is 11.0 Å². The molecule has 0 fully saturated rings. The van der Waals surface area contributed by atoms with Gasteiger partial charge < -0.3 is 10.1 Å². The number of allylic oxidation sites excluding steroid dienone is 1. The molecule has 0 aliphatic carbocycles. The number of aromatic nitrogens is 3. The number of ether oxygens (including phenoxy) is 1. The van der Waals surface area contributed by atoms with Gasteiger partial charge in [-0.25, -0.2) is 0 Å². The molecule has 3 aromatic rings. The molecule has 1 N–H and O–H groups in total. The maximum absolute atomic E-state index is 12.4. The standard InChI is InChI=1S/C23H24BrClN4O2S/c1-5-10-29-22(16(4)31-20-9-6-14(2)11-15(20)3)27-28-23(29)32-13-21(30)26-19-8-7-17(24)12-18(19)25/h5-9,11-12,16H,1,10,13H2,2-4H3,(H,26,30). The lowest BCUT2D eigenvalue weighted by Gasteiger charge is -2.17. The van der Waals surface area contributed by atoms with Gasteiger partial charge in [0.2, 0.25) is 5.91 Å². The fourth-order valence-corrected chi connectivity index (χ4v) is 4.57. The maximum Gasteiger partial charge on any atom is 0.234 e. The third-order valence-electron chi connectivity index (χ3n) is 4.59. The lowest BCUT2D eigenvalue weighted by molar-refractivity contribution is -0.113. The molecule has 1 aromatic heterocycles. The van der Waals surface area contributed by atoms with Crippen LogP contribution < -0.4 is 10.1 Å². The number of carbonyl (C=O) groups is 1. The molecule has 3 rings (SSSR count). The topological polar surface area (TPSA) is 69.0 Å². The second kappa shape index (κ2) is 11.0. The molecule has 0 radical (unpaired) electrons. The molecule has 2 aromatic carbocycles. The first kappa shape index (κ1) is 24.4. The Morgan fingerprint density at radius 1 is 1.31 bits per heavy atom. The molecule has 0 bridgehead atoms. The average molecular weight is 536 g/mol. The number of rotatable bonds is 9. The Bertz CT molecular complexity index is 1140. The number of thioether (sulfide) groups is 1. The highest BCUT2D eigenvalue weighted by atomic mass is 79.9. The Morgan fingerprint density at radius 3 is 2.78 bits per heavy atom. The zero-order chi connectivity index (χ0) is 23.3. The van der Waals surface area contributed by atoms with Crippen molar-refractivity contribution in [2.45, 2.75) is 38.6 Å². The minimum Gasteiger partial charge on any atom is -0.482 e. The monoisotopic (exact) mass is 534 g/mol. The van der Waals surface area contributed by atoms with E-state index in [1.165, 1.54) is 17.3 Å². The van der Waals surface area contributed by atoms with E-state index in [2.05, 4.69) is 44.1 Å². The van der Waals surface area contributed by atoms with Crippen LogP contribution in [0, 0.1) is 13.8 Å². The van der Waals surface area contributed by atoms with Gasteiger partial charge in [-0.1, -0.05) is 63.1 Å². The highest BCUT2D eigenvalue weighted by Gasteiger charge is 2.20. The van der Waals surface area contributed by atoms with Crippen molar-refractivity contribution in [3.8, 4) is 5.75 Å². The number of benzene rings is 2. The van der Waals surface area contributed by atoms with Crippen LogP contribution >= 0.6 is 39.3 Å². The molecule has 168 valence electrons. The minimum absolute atomic E-state index is 0.161. The molecule has 9 heteroatoms. The van der Waals surface area contributed by atoms with Crippen molar-refractivity contribution in [1.29, 1.82) is 0 Å². The Labute approximate surface area is 205 Å². The average Bonchev–Trinajstić information content (AvgIpc) is 3.13. The molecule has 1 atom stereocenters. The largest absolute Gasteiger partial charge is 0.482 e. The lowest BCUT2D eigenvalue weighted by Crippen LogP contribution is -2.16. The van der Waals surface area contributed by atoms with Crippen LogP contribution in [-0.4, -0.2) is 26.4 Å². The Morgan fingerprint density at radius 2 is 2.09 bits per heavy atom. The van der Waals surface area contributed by atoms with E-state index in [-0.39, 0.29) is 17.8 Å². The van der Waals surface area contributed by atoms with Crippen molar-refractivity contribution in [2.75, 3.05) is 11.1 Å². The number of nitrogens with zero attached hydrogens (tertiary/aromatic N) is 3. The summed E-state index contributed by atoms with van der Waals surface area (Å²) < 4.78 is 8.90. The van der Waals surface area contributed by atoms with Crippen molar-refractivity contribution >= 4 is 50.9 Å². The number of hydrogen-bond acceptors (Lipinski definition) is 5. The third-order valence-corrected chi connectivity index (χ3v) is 6.37. The van der Waals surface area contributed by atoms with E-state index < -0.39 is 0 Å². The lowest BCUT2D eigenvalue weighted by atomic mass is 10.1. The summed E-state index contributed by atoms with van der Waals surface area (Å²) >= 11 is 10.8. The van der Waals surface area contributed by atoms with E-state index in [0.717, 1.165) is 15.8 Å². The van der Waals surface area contributed by atoms with Crippen LogP contribution in [0.5, 0.6) is 5.75 Å². The Balaban J connectivity index is 1.69. The summed E-state index contributed by atoms with van der Waals surface area (Å²) in [5, 5.41) is 12.5. The number of nitrogens with one attached hydrogen (secondary N) is 1. The van der Waals surface area contributed by atoms with Gasteiger partial charge in [-0.15, -0.1) is 16.8 Å². The van der Waals surface area contributed by atoms with Gasteiger partial charge in [-0.3, -0.25) is 9.36 Å². The zero-order valence-corrected chi connectivity index (χ0v) is 21.2. The summed E-state index contributed by atoms with van der Waals surface area (Å²) in [6.07, 6.45) is 1.44. The van der Waals surface area contributed by atoms with Crippen LogP contribution in [0.1, 0.15) is 30.0 Å². The predicted octanol–water partition coefficient (Wildman–Crippen LogP) is 6.37. The second-order valence-electron chi connectivity index (χ2n) is 7.23. The number of amides is 1. The quantitative estimate of drug-likeness (QED) is 0.255. The number of aryl methyl sites for hydroxylation is 2. The van der Waals surface area contributed by atoms with Crippen LogP contribution in [0.25, 0.3) is 0 Å². The summed E-state index contributed by atoms with van der Waals surface area (Å²) in [5.74, 6) is 1.45. The maximum atomic E-state index is 12.4. The van der Waals surface area contributed by atoms with Crippen molar-refractivity contribution in [1.82, 2.24) is 14.8 Å². The van der Waals surface area contributed by atoms with E-state index >= 15 is 0 Å². The van der Waals surface area contributed by atoms with Crippen molar-refractivity contribution < 1.29 is 9.53 Å². The third kappa shape index (κ3) is 6.15. The highest BCUT2D eigenvalue weighted by molar-refractivity contribution is 9.10. The molecule has 1 heterocycles. The summed E-state index contributed by atoms with van der Waals surface area (Å²) in [4.78, 5) is 12.4. The van der Waals surface area contributed by atoms with E-state index in [1.54, 1.807) is 18.2 Å². The molecule has 0 saturated carbocycles. The van der Waals surface area contributed by atoms with Crippen LogP contribution in [0.3, 0.4) is 0 Å². The number of halogens is 2. The first-order chi connectivity index (χ1) is 15.3. The summed E-state index contributed by atoms with van der Waals surface area (Å²) in [6.45, 7) is 10.3. The van der Waals surface area contributed by atoms with Crippen LogP contribution in [0.2, 0.25) is 5.02 Å². The normalized spacial score (nSPS) is 11.8. The van der Waals surface area contributed by atoms with Crippen molar-refractivity contribution in [2.24, 2.45) is 0 Å². The predicted molar refractivity (Wildman–Crippen MR) is 134 cm³/mol. The second-order valence-corrected chi connectivity index (χ2v) is 9.50. The molecule has 32 heavy (non-hydrogen) atoms. The van der Waals surface area contributed by atoms with Crippen molar-refractivity contribution in [3.63, 3.8) is 0 Å². The van der Waals surface area contributed by atoms with Gasteiger partial charge >= 0.3 is 0 Å². The van der Waals surface area contributed by atoms with Crippen LogP contribution in [0.15, 0.2) is 58.7 Å². The molecule has 1 unspecified atom stereocenters. The molecule has 0 aliphatic rings. The minimum atomic E-state index is -0.325. The van der Waals surface area contributed by atoms with Gasteiger partial charge in [0.05, 0.1) is 16.5 Å². The zero-order valence-electron chi connectivity index (χ0n) is 18.1. The SMILES string of the molecule is C=CCn1c(SCC(=O)Nc2ccc(Br)cc2Cl)nnc1C(C)Oc1ccc(C)cc1C. The van der Waals surface area contributed by atoms with Gasteiger partial charge in [-0.2, -0.15) is 0 Å². The smallest absolute Gasteiger partial charge is 0.234 e. The Kier molecular flexibility index (Phi) is 8.39. The van der Waals surface area contributed by atoms with Crippen LogP contribution in [0.4, 0.5) is 5.69 Å². The molecule has 0 spiro atoms. The molecule has 0 aliphatic heterocycles. The van der Waals surface area contributed by atoms with E-state index in [0.29, 0.717) is 28.2 Å². The molecule has 1 amide bonds. The van der Waals surface area contributed by atoms with E-state index in [4.69, 9.17) is 16.3 Å². The van der Waals surface area contributed by atoms with Gasteiger partial charge in [-0.05, 0) is 50.6 Å². The molecule has 6 nitrogen and oxygen atoms in total. The van der Waals surface area contributed by atoms with E-state index in [1.807, 2.05) is 43.5 Å². The first-order valence-corrected chi connectivity index (χ1v) is 12.1. The number of hydrogen-bond donors (Lipinski definition) is 1. The molecular formula is C23H24BrClN4O2S. The number of carbonyl (C=O) groups excluding carboxylic acids is 1. The molecular weight excluding hydrogens is 512 g/mol. The van der Waals surface area contributed by atoms with Crippen molar-refractivity contribution in [3.05, 3.63) is 75.5 Å². The van der Waals surface area contributed by atoms with Crippen LogP contribution in [-0.2, 0) is 11.3 Å². The fraction of sp³-hybridized carbons (Fsp3) is 0.261. The fourth-order valence-electron chi connectivity index (χ4n) is 3.09.